The molecule has 4 rings (SSSR count). The fourth-order valence-corrected chi connectivity index (χ4v) is 4.96. The lowest BCUT2D eigenvalue weighted by molar-refractivity contribution is 0.280. The molecule has 1 fully saturated rings. The highest BCUT2D eigenvalue weighted by Gasteiger charge is 2.20. The SMILES string of the molecule is Cc1sc2nc(CN3CCCC3)nc(N[C@@H](CCO)c3ccccc3)c2c1C. The molecule has 0 amide bonds. The van der Waals surface area contributed by atoms with E-state index in [2.05, 4.69) is 36.2 Å². The fraction of sp³-hybridized carbons (Fsp3) is 0.455. The van der Waals surface area contributed by atoms with Crippen molar-refractivity contribution in [2.45, 2.75) is 45.7 Å². The molecule has 3 aromatic rings. The average Bonchev–Trinajstić information content (AvgIpc) is 3.30. The number of aryl methyl sites for hydroxylation is 2. The van der Waals surface area contributed by atoms with Crippen LogP contribution in [0.15, 0.2) is 30.3 Å². The van der Waals surface area contributed by atoms with Crippen molar-refractivity contribution in [3.63, 3.8) is 0 Å². The molecule has 1 aromatic carbocycles. The quantitative estimate of drug-likeness (QED) is 0.618. The molecule has 0 saturated carbocycles. The molecular formula is C22H28N4OS. The van der Waals surface area contributed by atoms with Gasteiger partial charge in [0.25, 0.3) is 0 Å². The highest BCUT2D eigenvalue weighted by Crippen LogP contribution is 2.35. The Morgan fingerprint density at radius 1 is 1.14 bits per heavy atom. The van der Waals surface area contributed by atoms with Crippen LogP contribution in [0.2, 0.25) is 0 Å². The lowest BCUT2D eigenvalue weighted by Crippen LogP contribution is -2.21. The van der Waals surface area contributed by atoms with Crippen molar-refractivity contribution in [2.24, 2.45) is 0 Å². The zero-order valence-electron chi connectivity index (χ0n) is 16.6. The first-order valence-corrected chi connectivity index (χ1v) is 10.9. The topological polar surface area (TPSA) is 61.3 Å². The van der Waals surface area contributed by atoms with Crippen molar-refractivity contribution in [1.82, 2.24) is 14.9 Å². The number of aliphatic hydroxyl groups excluding tert-OH is 1. The lowest BCUT2D eigenvalue weighted by Gasteiger charge is -2.21. The zero-order chi connectivity index (χ0) is 19.5. The van der Waals surface area contributed by atoms with Crippen molar-refractivity contribution in [3.05, 3.63) is 52.2 Å². The highest BCUT2D eigenvalue weighted by molar-refractivity contribution is 7.18. The number of thiophene rings is 1. The summed E-state index contributed by atoms with van der Waals surface area (Å²) in [6.45, 7) is 7.48. The molecule has 2 aromatic heterocycles. The predicted molar refractivity (Wildman–Crippen MR) is 116 cm³/mol. The summed E-state index contributed by atoms with van der Waals surface area (Å²) in [5.41, 5.74) is 2.40. The number of likely N-dealkylation sites (tertiary alicyclic amines) is 1. The third-order valence-corrected chi connectivity index (χ3v) is 6.67. The standard InChI is InChI=1S/C22H28N4OS/c1-15-16(2)28-22-20(15)21(24-19(25-22)14-26-11-6-7-12-26)23-18(10-13-27)17-8-4-3-5-9-17/h3-5,8-9,18,27H,6-7,10-14H2,1-2H3,(H,23,24,25)/t18-/m0/s1. The first-order valence-electron chi connectivity index (χ1n) is 10.1. The van der Waals surface area contributed by atoms with Crippen LogP contribution in [0.25, 0.3) is 10.2 Å². The molecule has 1 saturated heterocycles. The summed E-state index contributed by atoms with van der Waals surface area (Å²) in [4.78, 5) is 14.6. The van der Waals surface area contributed by atoms with Gasteiger partial charge in [0, 0.05) is 11.5 Å². The van der Waals surface area contributed by atoms with Gasteiger partial charge >= 0.3 is 0 Å². The third kappa shape index (κ3) is 4.04. The van der Waals surface area contributed by atoms with E-state index < -0.39 is 0 Å². The number of aromatic nitrogens is 2. The highest BCUT2D eigenvalue weighted by atomic mass is 32.1. The van der Waals surface area contributed by atoms with Gasteiger partial charge in [0.05, 0.1) is 18.0 Å². The van der Waals surface area contributed by atoms with Crippen LogP contribution < -0.4 is 5.32 Å². The molecule has 2 N–H and O–H groups in total. The van der Waals surface area contributed by atoms with E-state index in [0.29, 0.717) is 6.42 Å². The number of fused-ring (bicyclic) bond motifs is 1. The van der Waals surface area contributed by atoms with E-state index in [9.17, 15) is 5.11 Å². The van der Waals surface area contributed by atoms with E-state index in [1.807, 2.05) is 18.2 Å². The molecule has 5 nitrogen and oxygen atoms in total. The number of hydrogen-bond donors (Lipinski definition) is 2. The lowest BCUT2D eigenvalue weighted by atomic mass is 10.0. The molecule has 0 unspecified atom stereocenters. The first kappa shape index (κ1) is 19.3. The molecular weight excluding hydrogens is 368 g/mol. The summed E-state index contributed by atoms with van der Waals surface area (Å²) < 4.78 is 0. The summed E-state index contributed by atoms with van der Waals surface area (Å²) in [7, 11) is 0. The van der Waals surface area contributed by atoms with E-state index in [1.165, 1.54) is 23.3 Å². The van der Waals surface area contributed by atoms with E-state index in [0.717, 1.165) is 47.1 Å². The van der Waals surface area contributed by atoms with Gasteiger partial charge in [-0.15, -0.1) is 11.3 Å². The van der Waals surface area contributed by atoms with Crippen molar-refractivity contribution >= 4 is 27.4 Å². The van der Waals surface area contributed by atoms with E-state index >= 15 is 0 Å². The number of hydrogen-bond acceptors (Lipinski definition) is 6. The summed E-state index contributed by atoms with van der Waals surface area (Å²) in [6, 6.07) is 10.3. The first-order chi connectivity index (χ1) is 13.7. The van der Waals surface area contributed by atoms with Gasteiger partial charge in [-0.25, -0.2) is 9.97 Å². The van der Waals surface area contributed by atoms with E-state index in [-0.39, 0.29) is 12.6 Å². The average molecular weight is 397 g/mol. The van der Waals surface area contributed by atoms with Crippen LogP contribution in [-0.4, -0.2) is 39.7 Å². The number of rotatable bonds is 7. The van der Waals surface area contributed by atoms with Gasteiger partial charge in [-0.05, 0) is 57.3 Å². The maximum Gasteiger partial charge on any atom is 0.146 e. The zero-order valence-corrected chi connectivity index (χ0v) is 17.4. The summed E-state index contributed by atoms with van der Waals surface area (Å²) in [5, 5.41) is 14.4. The minimum Gasteiger partial charge on any atom is -0.396 e. The Morgan fingerprint density at radius 2 is 1.89 bits per heavy atom. The van der Waals surface area contributed by atoms with Gasteiger partial charge in [0.1, 0.15) is 16.5 Å². The van der Waals surface area contributed by atoms with Crippen LogP contribution in [0.1, 0.15) is 47.1 Å². The van der Waals surface area contributed by atoms with Crippen molar-refractivity contribution in [3.8, 4) is 0 Å². The van der Waals surface area contributed by atoms with Gasteiger partial charge in [-0.2, -0.15) is 0 Å². The van der Waals surface area contributed by atoms with Gasteiger partial charge in [-0.3, -0.25) is 4.90 Å². The molecule has 0 bridgehead atoms. The van der Waals surface area contributed by atoms with Crippen LogP contribution in [0.3, 0.4) is 0 Å². The molecule has 0 spiro atoms. The normalized spacial score (nSPS) is 16.0. The minimum atomic E-state index is 0.0172. The van der Waals surface area contributed by atoms with Gasteiger partial charge < -0.3 is 10.4 Å². The number of benzene rings is 1. The summed E-state index contributed by atoms with van der Waals surface area (Å²) in [5.74, 6) is 1.78. The number of anilines is 1. The Hall–Kier alpha value is -2.02. The molecule has 1 atom stereocenters. The van der Waals surface area contributed by atoms with Crippen LogP contribution in [-0.2, 0) is 6.54 Å². The predicted octanol–water partition coefficient (Wildman–Crippen LogP) is 4.44. The summed E-state index contributed by atoms with van der Waals surface area (Å²) in [6.07, 6.45) is 3.16. The Morgan fingerprint density at radius 3 is 2.61 bits per heavy atom. The maximum atomic E-state index is 9.61. The Labute approximate surface area is 170 Å². The van der Waals surface area contributed by atoms with Crippen molar-refractivity contribution in [2.75, 3.05) is 25.0 Å². The van der Waals surface area contributed by atoms with E-state index in [1.54, 1.807) is 11.3 Å². The molecule has 3 heterocycles. The van der Waals surface area contributed by atoms with Crippen LogP contribution >= 0.6 is 11.3 Å². The number of nitrogens with zero attached hydrogens (tertiary/aromatic N) is 3. The van der Waals surface area contributed by atoms with Crippen LogP contribution in [0.5, 0.6) is 0 Å². The molecule has 148 valence electrons. The minimum absolute atomic E-state index is 0.0172. The molecule has 1 aliphatic heterocycles. The van der Waals surface area contributed by atoms with Crippen LogP contribution in [0.4, 0.5) is 5.82 Å². The van der Waals surface area contributed by atoms with Crippen molar-refractivity contribution in [1.29, 1.82) is 0 Å². The second-order valence-corrected chi connectivity index (χ2v) is 8.76. The second-order valence-electron chi connectivity index (χ2n) is 7.55. The Bertz CT molecular complexity index is 935. The Kier molecular flexibility index (Phi) is 5.90. The molecule has 0 radical (unpaired) electrons. The second kappa shape index (κ2) is 8.55. The smallest absolute Gasteiger partial charge is 0.146 e. The number of nitrogens with one attached hydrogen (secondary N) is 1. The largest absolute Gasteiger partial charge is 0.396 e. The number of aliphatic hydroxyl groups is 1. The molecule has 0 aliphatic carbocycles. The van der Waals surface area contributed by atoms with Crippen LogP contribution in [0, 0.1) is 13.8 Å². The van der Waals surface area contributed by atoms with Gasteiger partial charge in [0.2, 0.25) is 0 Å². The Balaban J connectivity index is 1.72. The van der Waals surface area contributed by atoms with Crippen molar-refractivity contribution < 1.29 is 5.11 Å². The monoisotopic (exact) mass is 396 g/mol. The van der Waals surface area contributed by atoms with Gasteiger partial charge in [0.15, 0.2) is 0 Å². The fourth-order valence-electron chi connectivity index (χ4n) is 3.91. The molecule has 6 heteroatoms. The van der Waals surface area contributed by atoms with Gasteiger partial charge in [-0.1, -0.05) is 30.3 Å². The van der Waals surface area contributed by atoms with E-state index in [4.69, 9.17) is 9.97 Å². The molecule has 1 aliphatic rings. The summed E-state index contributed by atoms with van der Waals surface area (Å²) >= 11 is 1.74. The third-order valence-electron chi connectivity index (χ3n) is 5.57. The maximum absolute atomic E-state index is 9.61. The molecule has 28 heavy (non-hydrogen) atoms.